The Morgan fingerprint density at radius 1 is 0.464 bits per heavy atom. The molecule has 3 aromatic heterocycles. The maximum absolute atomic E-state index is 8.27. The van der Waals surface area contributed by atoms with Gasteiger partial charge in [-0.05, 0) is 141 Å². The molecule has 0 atom stereocenters. The first-order valence-corrected chi connectivity index (χ1v) is 26.2. The second kappa shape index (κ2) is 15.6. The number of fused-ring (bicyclic) bond motifs is 9. The molecule has 8 aromatic carbocycles. The fourth-order valence-electron chi connectivity index (χ4n) is 10.5. The third-order valence-electron chi connectivity index (χ3n) is 14.3. The molecule has 0 radical (unpaired) electrons. The van der Waals surface area contributed by atoms with Crippen LogP contribution in [-0.4, -0.2) is 4.57 Å². The van der Waals surface area contributed by atoms with Gasteiger partial charge in [0.25, 0.3) is 0 Å². The van der Waals surface area contributed by atoms with E-state index in [1.54, 1.807) is 11.3 Å². The van der Waals surface area contributed by atoms with Gasteiger partial charge in [0.15, 0.2) is 0 Å². The summed E-state index contributed by atoms with van der Waals surface area (Å²) >= 11 is 11.9. The van der Waals surface area contributed by atoms with Crippen molar-refractivity contribution in [3.05, 3.63) is 184 Å². The van der Waals surface area contributed by atoms with Crippen LogP contribution in [0, 0.1) is 6.92 Å². The topological polar surface area (TPSA) is 11.4 Å². The summed E-state index contributed by atoms with van der Waals surface area (Å²) in [7, 11) is 0. The van der Waals surface area contributed by atoms with Gasteiger partial charge in [-0.15, -0.1) is 22.7 Å². The molecule has 0 saturated carbocycles. The number of aromatic nitrogens is 1. The van der Waals surface area contributed by atoms with Crippen LogP contribution >= 0.6 is 34.3 Å². The van der Waals surface area contributed by atoms with Crippen LogP contribution in [0.2, 0.25) is 5.02 Å². The number of hydrogen-bond acceptors (Lipinski definition) is 4. The number of rotatable bonds is 5. The van der Waals surface area contributed by atoms with Gasteiger partial charge in [-0.1, -0.05) is 141 Å². The number of aryl methyl sites for hydroxylation is 1. The van der Waals surface area contributed by atoms with Crippen LogP contribution in [0.4, 0.5) is 34.1 Å². The lowest BCUT2D eigenvalue weighted by Crippen LogP contribution is -2.22. The van der Waals surface area contributed by atoms with Gasteiger partial charge in [0.2, 0.25) is 0 Å². The first kappa shape index (κ1) is 43.9. The second-order valence-corrected chi connectivity index (χ2v) is 24.5. The Morgan fingerprint density at radius 2 is 1.13 bits per heavy atom. The first-order valence-electron chi connectivity index (χ1n) is 24.1. The van der Waals surface area contributed by atoms with Crippen molar-refractivity contribution in [2.24, 2.45) is 0 Å². The van der Waals surface area contributed by atoms with Gasteiger partial charge >= 0.3 is 0 Å². The largest absolute Gasteiger partial charge is 0.307 e. The predicted molar refractivity (Wildman–Crippen MR) is 303 cm³/mol. The summed E-state index contributed by atoms with van der Waals surface area (Å²) < 4.78 is 6.32. The van der Waals surface area contributed by atoms with Crippen LogP contribution in [0.5, 0.6) is 0 Å². The number of hydrogen-bond donors (Lipinski definition) is 0. The molecule has 0 aliphatic carbocycles. The quantitative estimate of drug-likeness (QED) is 0.170. The normalized spacial score (nSPS) is 13.1. The molecule has 1 aliphatic rings. The smallest absolute Gasteiger partial charge is 0.0887 e. The van der Waals surface area contributed by atoms with Crippen LogP contribution in [0.3, 0.4) is 0 Å². The summed E-state index contributed by atoms with van der Waals surface area (Å²) in [5, 5.41) is 9.24. The highest BCUT2D eigenvalue weighted by Gasteiger charge is 2.35. The van der Waals surface area contributed by atoms with E-state index in [4.69, 9.17) is 11.6 Å². The zero-order valence-electron chi connectivity index (χ0n) is 41.0. The number of halogens is 1. The lowest BCUT2D eigenvalue weighted by atomic mass is 9.84. The lowest BCUT2D eigenvalue weighted by Gasteiger charge is -2.37. The van der Waals surface area contributed by atoms with E-state index in [9.17, 15) is 0 Å². The summed E-state index contributed by atoms with van der Waals surface area (Å²) in [6, 6.07) is 57.0. The molecular weight excluding hydrogens is 898 g/mol. The molecule has 1 aliphatic heterocycles. The molecule has 4 heterocycles. The number of nitrogens with zero attached hydrogens (tertiary/aromatic N) is 3. The third-order valence-corrected chi connectivity index (χ3v) is 16.8. The van der Waals surface area contributed by atoms with E-state index in [0.29, 0.717) is 5.02 Å². The van der Waals surface area contributed by atoms with Gasteiger partial charge in [0.1, 0.15) is 0 Å². The van der Waals surface area contributed by atoms with E-state index in [-0.39, 0.29) is 16.2 Å². The molecule has 0 N–H and O–H groups in total. The molecule has 342 valence electrons. The molecule has 6 heteroatoms. The summed E-state index contributed by atoms with van der Waals surface area (Å²) in [6.07, 6.45) is 0. The van der Waals surface area contributed by atoms with Gasteiger partial charge in [-0.3, -0.25) is 0 Å². The maximum Gasteiger partial charge on any atom is 0.0887 e. The highest BCUT2D eigenvalue weighted by Crippen LogP contribution is 2.56. The van der Waals surface area contributed by atoms with Crippen LogP contribution in [0.1, 0.15) is 84.6 Å². The summed E-state index contributed by atoms with van der Waals surface area (Å²) in [4.78, 5) is 4.91. The van der Waals surface area contributed by atoms with E-state index in [2.05, 4.69) is 241 Å². The molecule has 0 unspecified atom stereocenters. The monoisotopic (exact) mass is 953 g/mol. The summed E-state index contributed by atoms with van der Waals surface area (Å²) in [6.45, 7) is 23.1. The Balaban J connectivity index is 1.16. The van der Waals surface area contributed by atoms with Crippen LogP contribution in [-0.2, 0) is 16.2 Å². The van der Waals surface area contributed by atoms with Crippen LogP contribution in [0.15, 0.2) is 157 Å². The van der Waals surface area contributed by atoms with E-state index in [1.165, 1.54) is 79.9 Å². The van der Waals surface area contributed by atoms with E-state index < -0.39 is 0 Å². The van der Waals surface area contributed by atoms with Crippen molar-refractivity contribution in [2.45, 2.75) is 85.5 Å². The minimum atomic E-state index is -0.121. The van der Waals surface area contributed by atoms with Crippen LogP contribution < -0.4 is 9.80 Å². The summed E-state index contributed by atoms with van der Waals surface area (Å²) in [5.74, 6) is 0. The fourth-order valence-corrected chi connectivity index (χ4v) is 12.8. The minimum Gasteiger partial charge on any atom is -0.307 e. The fraction of sp³-hybridized carbons (Fsp3) is 0.206. The highest BCUT2D eigenvalue weighted by molar-refractivity contribution is 7.25. The van der Waals surface area contributed by atoms with E-state index in [0.717, 1.165) is 45.4 Å². The molecule has 69 heavy (non-hydrogen) atoms. The van der Waals surface area contributed by atoms with Crippen molar-refractivity contribution < 1.29 is 0 Å². The van der Waals surface area contributed by atoms with Gasteiger partial charge in [-0.25, -0.2) is 0 Å². The third kappa shape index (κ3) is 7.10. The molecule has 3 nitrogen and oxygen atoms in total. The van der Waals surface area contributed by atoms with Crippen molar-refractivity contribution in [3.8, 4) is 16.8 Å². The lowest BCUT2D eigenvalue weighted by molar-refractivity contribution is 0.589. The minimum absolute atomic E-state index is 0.00802. The van der Waals surface area contributed by atoms with Crippen molar-refractivity contribution in [2.75, 3.05) is 9.80 Å². The second-order valence-electron chi connectivity index (χ2n) is 22.2. The zero-order chi connectivity index (χ0) is 47.9. The number of benzene rings is 8. The summed E-state index contributed by atoms with van der Waals surface area (Å²) in [5.41, 5.74) is 17.1. The average molecular weight is 955 g/mol. The molecule has 0 saturated heterocycles. The Kier molecular flexibility index (Phi) is 9.90. The highest BCUT2D eigenvalue weighted by atomic mass is 35.5. The van der Waals surface area contributed by atoms with E-state index >= 15 is 0 Å². The molecule has 0 bridgehead atoms. The molecule has 0 spiro atoms. The Hall–Kier alpha value is -6.37. The molecule has 0 amide bonds. The Bertz CT molecular complexity index is 3880. The maximum atomic E-state index is 8.27. The van der Waals surface area contributed by atoms with Crippen molar-refractivity contribution >= 4 is 120 Å². The zero-order valence-corrected chi connectivity index (χ0v) is 43.4. The SMILES string of the molecule is Cc1cc(N(c2ccc3sc4ccccc4c3c2)c2csc3ccc(-c4ccccc4)cc23)c(Cl)c(N2c3ccc(C(C)(C)C)cc3-n3c4ccc(C(C)(C)C)cc4c4cc(C(C)(C)C)cc2c43)c1. The van der Waals surface area contributed by atoms with Gasteiger partial charge in [-0.2, -0.15) is 0 Å². The van der Waals surface area contributed by atoms with E-state index in [1.807, 2.05) is 11.3 Å². The van der Waals surface area contributed by atoms with Gasteiger partial charge in [0, 0.05) is 52.1 Å². The van der Waals surface area contributed by atoms with Crippen molar-refractivity contribution in [3.63, 3.8) is 0 Å². The average Bonchev–Trinajstić information content (AvgIpc) is 4.01. The van der Waals surface area contributed by atoms with Crippen molar-refractivity contribution in [1.82, 2.24) is 4.57 Å². The van der Waals surface area contributed by atoms with Gasteiger partial charge in [0.05, 0.1) is 50.2 Å². The molecule has 12 rings (SSSR count). The standard InChI is InChI=1S/C63H56ClN3S2/c1-37-28-52(65(43-23-27-58-46(35-43)44-18-14-15-19-57(44)69-58)55-36-68-56-26-20-39(30-48(55)56)38-16-12-11-13-17-38)59(64)53(29-37)66-50-25-22-41(62(5,6)7)33-51(50)67-49-24-21-40(61(2,3)4)31-45(49)47-32-42(63(8,9)10)34-54(66)60(47)67/h11-36H,1-10H3. The van der Waals surface area contributed by atoms with Gasteiger partial charge < -0.3 is 14.4 Å². The number of anilines is 6. The number of thiophene rings is 2. The molecular formula is C63H56ClN3S2. The van der Waals surface area contributed by atoms with Crippen molar-refractivity contribution in [1.29, 1.82) is 0 Å². The first-order chi connectivity index (χ1) is 32.9. The Labute approximate surface area is 418 Å². The Morgan fingerprint density at radius 3 is 1.90 bits per heavy atom. The van der Waals surface area contributed by atoms with Crippen LogP contribution in [0.25, 0.3) is 68.9 Å². The molecule has 0 fully saturated rings. The predicted octanol–water partition coefficient (Wildman–Crippen LogP) is 20.1. The molecule has 11 aromatic rings.